The first kappa shape index (κ1) is 12.3. The van der Waals surface area contributed by atoms with Gasteiger partial charge in [-0.1, -0.05) is 13.8 Å². The summed E-state index contributed by atoms with van der Waals surface area (Å²) in [6, 6.07) is 3.90. The van der Waals surface area contributed by atoms with Crippen molar-refractivity contribution in [1.82, 2.24) is 9.55 Å². The second-order valence-electron chi connectivity index (χ2n) is 4.57. The van der Waals surface area contributed by atoms with Gasteiger partial charge in [0.15, 0.2) is 0 Å². The molecule has 0 aromatic carbocycles. The number of nitrogens with zero attached hydrogens (tertiary/aromatic N) is 2. The molecule has 2 aromatic heterocycles. The Morgan fingerprint density at radius 3 is 2.76 bits per heavy atom. The molecule has 0 aliphatic carbocycles. The second kappa shape index (κ2) is 5.02. The quantitative estimate of drug-likeness (QED) is 0.905. The van der Waals surface area contributed by atoms with E-state index >= 15 is 0 Å². The topological polar surface area (TPSA) is 38.0 Å². The van der Waals surface area contributed by atoms with E-state index in [1.54, 1.807) is 18.3 Å². The summed E-state index contributed by atoms with van der Waals surface area (Å²) in [6.45, 7) is 6.82. The normalized spacial score (nSPS) is 13.2. The molecule has 0 fully saturated rings. The lowest BCUT2D eigenvalue weighted by Crippen LogP contribution is -2.06. The van der Waals surface area contributed by atoms with Crippen LogP contribution in [-0.2, 0) is 6.54 Å². The van der Waals surface area contributed by atoms with Gasteiger partial charge in [-0.2, -0.15) is 0 Å². The molecule has 1 N–H and O–H groups in total. The highest BCUT2D eigenvalue weighted by Gasteiger charge is 2.10. The molecule has 1 atom stereocenters. The molecule has 2 aromatic rings. The number of rotatable bonds is 4. The number of aromatic nitrogens is 2. The monoisotopic (exact) mass is 250 g/mol. The van der Waals surface area contributed by atoms with Crippen LogP contribution in [0.25, 0.3) is 0 Å². The van der Waals surface area contributed by atoms with E-state index in [0.717, 1.165) is 17.9 Å². The van der Waals surface area contributed by atoms with Gasteiger partial charge >= 0.3 is 0 Å². The molecule has 1 unspecified atom stereocenters. The maximum absolute atomic E-state index is 9.63. The highest BCUT2D eigenvalue weighted by molar-refractivity contribution is 7.09. The summed E-state index contributed by atoms with van der Waals surface area (Å²) in [5, 5.41) is 12.9. The first-order chi connectivity index (χ1) is 8.08. The van der Waals surface area contributed by atoms with E-state index in [0.29, 0.717) is 5.92 Å². The molecule has 0 spiro atoms. The van der Waals surface area contributed by atoms with Gasteiger partial charge in [0, 0.05) is 23.2 Å². The molecule has 3 nitrogen and oxygen atoms in total. The minimum Gasteiger partial charge on any atom is -0.387 e. The SMILES string of the molecule is CC(C)c1nc(Cn2cccc2C(C)O)cs1. The van der Waals surface area contributed by atoms with Crippen LogP contribution < -0.4 is 0 Å². The van der Waals surface area contributed by atoms with Crippen LogP contribution in [-0.4, -0.2) is 14.7 Å². The Morgan fingerprint density at radius 2 is 2.18 bits per heavy atom. The van der Waals surface area contributed by atoms with E-state index in [1.807, 2.05) is 22.9 Å². The van der Waals surface area contributed by atoms with Crippen LogP contribution in [0.3, 0.4) is 0 Å². The molecule has 17 heavy (non-hydrogen) atoms. The average molecular weight is 250 g/mol. The minimum absolute atomic E-state index is 0.437. The zero-order valence-electron chi connectivity index (χ0n) is 10.4. The van der Waals surface area contributed by atoms with Crippen molar-refractivity contribution >= 4 is 11.3 Å². The molecule has 4 heteroatoms. The van der Waals surface area contributed by atoms with Crippen LogP contribution in [0.1, 0.15) is 49.2 Å². The smallest absolute Gasteiger partial charge is 0.0954 e. The summed E-state index contributed by atoms with van der Waals surface area (Å²) in [5.41, 5.74) is 2.00. The summed E-state index contributed by atoms with van der Waals surface area (Å²) in [6.07, 6.45) is 1.55. The second-order valence-corrected chi connectivity index (χ2v) is 5.46. The van der Waals surface area contributed by atoms with Gasteiger partial charge in [-0.05, 0) is 19.1 Å². The van der Waals surface area contributed by atoms with Gasteiger partial charge in [0.05, 0.1) is 23.4 Å². The van der Waals surface area contributed by atoms with Gasteiger partial charge in [-0.3, -0.25) is 0 Å². The zero-order chi connectivity index (χ0) is 12.4. The lowest BCUT2D eigenvalue weighted by Gasteiger charge is -2.09. The van der Waals surface area contributed by atoms with E-state index in [4.69, 9.17) is 0 Å². The number of hydrogen-bond acceptors (Lipinski definition) is 3. The number of hydrogen-bond donors (Lipinski definition) is 1. The molecule has 0 radical (unpaired) electrons. The molecule has 0 aliphatic rings. The van der Waals surface area contributed by atoms with Crippen molar-refractivity contribution in [3.05, 3.63) is 40.1 Å². The van der Waals surface area contributed by atoms with Gasteiger partial charge in [0.25, 0.3) is 0 Å². The van der Waals surface area contributed by atoms with Crippen LogP contribution in [0.5, 0.6) is 0 Å². The van der Waals surface area contributed by atoms with E-state index < -0.39 is 6.10 Å². The molecule has 2 heterocycles. The Balaban J connectivity index is 2.17. The maximum atomic E-state index is 9.63. The van der Waals surface area contributed by atoms with Crippen molar-refractivity contribution in [3.63, 3.8) is 0 Å². The van der Waals surface area contributed by atoms with Gasteiger partial charge < -0.3 is 9.67 Å². The van der Waals surface area contributed by atoms with Crippen molar-refractivity contribution in [2.45, 2.75) is 39.3 Å². The highest BCUT2D eigenvalue weighted by atomic mass is 32.1. The van der Waals surface area contributed by atoms with Crippen LogP contribution in [0.4, 0.5) is 0 Å². The van der Waals surface area contributed by atoms with Gasteiger partial charge in [0.2, 0.25) is 0 Å². The molecule has 0 bridgehead atoms. The van der Waals surface area contributed by atoms with Crippen LogP contribution in [0.15, 0.2) is 23.7 Å². The molecule has 0 aliphatic heterocycles. The number of thiazole rings is 1. The summed E-state index contributed by atoms with van der Waals surface area (Å²) < 4.78 is 2.05. The fraction of sp³-hybridized carbons (Fsp3) is 0.462. The predicted octanol–water partition coefficient (Wildman–Crippen LogP) is 3.17. The Morgan fingerprint density at radius 1 is 1.41 bits per heavy atom. The van der Waals surface area contributed by atoms with Crippen molar-refractivity contribution in [2.75, 3.05) is 0 Å². The third-order valence-corrected chi connectivity index (χ3v) is 3.88. The largest absolute Gasteiger partial charge is 0.387 e. The van der Waals surface area contributed by atoms with E-state index in [2.05, 4.69) is 24.2 Å². The molecule has 92 valence electrons. The molecule has 0 saturated carbocycles. The summed E-state index contributed by atoms with van der Waals surface area (Å²) in [4.78, 5) is 4.60. The summed E-state index contributed by atoms with van der Waals surface area (Å²) in [7, 11) is 0. The number of aliphatic hydroxyl groups excluding tert-OH is 1. The highest BCUT2D eigenvalue weighted by Crippen LogP contribution is 2.21. The zero-order valence-corrected chi connectivity index (χ0v) is 11.2. The van der Waals surface area contributed by atoms with Crippen LogP contribution in [0.2, 0.25) is 0 Å². The van der Waals surface area contributed by atoms with Crippen molar-refractivity contribution < 1.29 is 5.11 Å². The van der Waals surface area contributed by atoms with E-state index in [1.165, 1.54) is 5.01 Å². The Hall–Kier alpha value is -1.13. The maximum Gasteiger partial charge on any atom is 0.0954 e. The molecular formula is C13H18N2OS. The fourth-order valence-electron chi connectivity index (χ4n) is 1.79. The molecule has 0 saturated heterocycles. The van der Waals surface area contributed by atoms with Crippen molar-refractivity contribution in [2.24, 2.45) is 0 Å². The molecule has 2 rings (SSSR count). The van der Waals surface area contributed by atoms with Crippen molar-refractivity contribution in [1.29, 1.82) is 0 Å². The Bertz CT molecular complexity index is 485. The third kappa shape index (κ3) is 2.76. The van der Waals surface area contributed by atoms with Gasteiger partial charge in [0.1, 0.15) is 0 Å². The fourth-order valence-corrected chi connectivity index (χ4v) is 2.61. The van der Waals surface area contributed by atoms with Gasteiger partial charge in [-0.25, -0.2) is 4.98 Å². The summed E-state index contributed by atoms with van der Waals surface area (Å²) in [5.74, 6) is 0.481. The Kier molecular flexibility index (Phi) is 3.64. The first-order valence-corrected chi connectivity index (χ1v) is 6.73. The van der Waals surface area contributed by atoms with Crippen LogP contribution >= 0.6 is 11.3 Å². The van der Waals surface area contributed by atoms with E-state index in [-0.39, 0.29) is 0 Å². The molecule has 0 amide bonds. The van der Waals surface area contributed by atoms with Gasteiger partial charge in [-0.15, -0.1) is 11.3 Å². The average Bonchev–Trinajstić information content (AvgIpc) is 2.86. The van der Waals surface area contributed by atoms with Crippen LogP contribution in [0, 0.1) is 0 Å². The third-order valence-electron chi connectivity index (χ3n) is 2.69. The number of aliphatic hydroxyl groups is 1. The lowest BCUT2D eigenvalue weighted by atomic mass is 10.2. The molecular weight excluding hydrogens is 232 g/mol. The predicted molar refractivity (Wildman–Crippen MR) is 70.4 cm³/mol. The lowest BCUT2D eigenvalue weighted by molar-refractivity contribution is 0.189. The first-order valence-electron chi connectivity index (χ1n) is 5.85. The Labute approximate surface area is 106 Å². The standard InChI is InChI=1S/C13H18N2OS/c1-9(2)13-14-11(8-17-13)7-15-6-4-5-12(15)10(3)16/h4-6,8-10,16H,7H2,1-3H3. The summed E-state index contributed by atoms with van der Waals surface area (Å²) >= 11 is 1.71. The minimum atomic E-state index is -0.437. The van der Waals surface area contributed by atoms with Crippen molar-refractivity contribution in [3.8, 4) is 0 Å². The van der Waals surface area contributed by atoms with E-state index in [9.17, 15) is 5.11 Å².